The van der Waals surface area contributed by atoms with E-state index in [2.05, 4.69) is 17.6 Å². The molecule has 0 fully saturated rings. The largest absolute Gasteiger partial charge is 0.459 e. The normalized spacial score (nSPS) is 10.3. The van der Waals surface area contributed by atoms with E-state index in [0.717, 1.165) is 18.8 Å². The highest BCUT2D eigenvalue weighted by Crippen LogP contribution is 2.11. The van der Waals surface area contributed by atoms with Gasteiger partial charge in [0, 0.05) is 12.2 Å². The highest BCUT2D eigenvalue weighted by Gasteiger charge is 2.08. The smallest absolute Gasteiger partial charge is 0.291 e. The number of amides is 1. The number of carbonyl (C=O) groups is 1. The van der Waals surface area contributed by atoms with Gasteiger partial charge in [-0.15, -0.1) is 0 Å². The fourth-order valence-corrected chi connectivity index (χ4v) is 1.58. The Labute approximate surface area is 106 Å². The van der Waals surface area contributed by atoms with Gasteiger partial charge in [0.1, 0.15) is 0 Å². The van der Waals surface area contributed by atoms with E-state index >= 15 is 0 Å². The predicted molar refractivity (Wildman–Crippen MR) is 70.5 cm³/mol. The minimum absolute atomic E-state index is 0.237. The van der Waals surface area contributed by atoms with E-state index in [1.165, 1.54) is 11.8 Å². The summed E-state index contributed by atoms with van der Waals surface area (Å²) in [5, 5.41) is 6.02. The summed E-state index contributed by atoms with van der Waals surface area (Å²) in [6, 6.07) is 11.1. The average molecular weight is 244 g/mol. The molecule has 0 unspecified atom stereocenters. The van der Waals surface area contributed by atoms with Crippen molar-refractivity contribution in [3.8, 4) is 0 Å². The fraction of sp³-hybridized carbons (Fsp3) is 0.214. The lowest BCUT2D eigenvalue weighted by Crippen LogP contribution is -2.12. The maximum Gasteiger partial charge on any atom is 0.291 e. The Morgan fingerprint density at radius 2 is 2.00 bits per heavy atom. The molecule has 1 aromatic carbocycles. The summed E-state index contributed by atoms with van der Waals surface area (Å²) in [6.07, 6.45) is 1.48. The van der Waals surface area contributed by atoms with Crippen LogP contribution in [0.4, 0.5) is 5.69 Å². The third kappa shape index (κ3) is 3.21. The third-order valence-corrected chi connectivity index (χ3v) is 2.54. The van der Waals surface area contributed by atoms with Crippen molar-refractivity contribution >= 4 is 11.6 Å². The zero-order chi connectivity index (χ0) is 12.8. The van der Waals surface area contributed by atoms with Crippen LogP contribution in [0, 0.1) is 0 Å². The van der Waals surface area contributed by atoms with Crippen molar-refractivity contribution in [2.24, 2.45) is 0 Å². The van der Waals surface area contributed by atoms with Crippen molar-refractivity contribution in [1.29, 1.82) is 0 Å². The van der Waals surface area contributed by atoms with E-state index in [1.54, 1.807) is 12.1 Å². The number of nitrogens with one attached hydrogen (secondary N) is 2. The van der Waals surface area contributed by atoms with Crippen LogP contribution < -0.4 is 10.6 Å². The van der Waals surface area contributed by atoms with Gasteiger partial charge in [-0.05, 0) is 36.4 Å². The molecule has 4 nitrogen and oxygen atoms in total. The summed E-state index contributed by atoms with van der Waals surface area (Å²) in [6.45, 7) is 3.85. The van der Waals surface area contributed by atoms with Crippen LogP contribution in [0.2, 0.25) is 0 Å². The van der Waals surface area contributed by atoms with Crippen LogP contribution in [0.15, 0.2) is 47.1 Å². The molecule has 0 saturated heterocycles. The molecule has 18 heavy (non-hydrogen) atoms. The van der Waals surface area contributed by atoms with E-state index in [0.29, 0.717) is 5.76 Å². The predicted octanol–water partition coefficient (Wildman–Crippen LogP) is 2.64. The number of anilines is 1. The first-order valence-corrected chi connectivity index (χ1v) is 5.94. The molecule has 1 aromatic heterocycles. The third-order valence-electron chi connectivity index (χ3n) is 2.54. The minimum atomic E-state index is -0.237. The van der Waals surface area contributed by atoms with Gasteiger partial charge < -0.3 is 15.1 Å². The zero-order valence-electron chi connectivity index (χ0n) is 10.3. The number of rotatable bonds is 5. The lowest BCUT2D eigenvalue weighted by molar-refractivity contribution is 0.0996. The molecule has 2 rings (SSSR count). The second-order valence-electron chi connectivity index (χ2n) is 3.91. The highest BCUT2D eigenvalue weighted by molar-refractivity contribution is 6.02. The van der Waals surface area contributed by atoms with Gasteiger partial charge in [0.2, 0.25) is 0 Å². The molecule has 1 heterocycles. The van der Waals surface area contributed by atoms with Crippen LogP contribution in [0.1, 0.15) is 23.0 Å². The van der Waals surface area contributed by atoms with Crippen LogP contribution in [-0.4, -0.2) is 12.5 Å². The van der Waals surface area contributed by atoms with Crippen molar-refractivity contribution in [3.05, 3.63) is 54.0 Å². The monoisotopic (exact) mass is 244 g/mol. The van der Waals surface area contributed by atoms with Crippen LogP contribution in [0.5, 0.6) is 0 Å². The van der Waals surface area contributed by atoms with Gasteiger partial charge in [0.15, 0.2) is 5.76 Å². The first-order valence-electron chi connectivity index (χ1n) is 5.94. The maximum atomic E-state index is 11.7. The number of furan rings is 1. The average Bonchev–Trinajstić information content (AvgIpc) is 2.92. The quantitative estimate of drug-likeness (QED) is 0.850. The van der Waals surface area contributed by atoms with E-state index in [1.807, 2.05) is 24.3 Å². The molecule has 2 N–H and O–H groups in total. The van der Waals surface area contributed by atoms with Crippen molar-refractivity contribution in [2.75, 3.05) is 11.9 Å². The Bertz CT molecular complexity index is 489. The number of benzene rings is 1. The Morgan fingerprint density at radius 1 is 1.22 bits per heavy atom. The summed E-state index contributed by atoms with van der Waals surface area (Å²) in [4.78, 5) is 11.7. The van der Waals surface area contributed by atoms with Crippen LogP contribution >= 0.6 is 0 Å². The molecule has 94 valence electrons. The second kappa shape index (κ2) is 6.02. The minimum Gasteiger partial charge on any atom is -0.459 e. The molecular weight excluding hydrogens is 228 g/mol. The standard InChI is InChI=1S/C14H16N2O2/c1-2-15-10-11-5-7-12(8-6-11)16-14(17)13-4-3-9-18-13/h3-9,15H,2,10H2,1H3,(H,16,17). The molecule has 1 amide bonds. The SMILES string of the molecule is CCNCc1ccc(NC(=O)c2ccco2)cc1. The Morgan fingerprint density at radius 3 is 2.61 bits per heavy atom. The van der Waals surface area contributed by atoms with Gasteiger partial charge in [-0.25, -0.2) is 0 Å². The van der Waals surface area contributed by atoms with E-state index in [4.69, 9.17) is 4.42 Å². The van der Waals surface area contributed by atoms with Crippen molar-refractivity contribution in [3.63, 3.8) is 0 Å². The van der Waals surface area contributed by atoms with Crippen LogP contribution in [-0.2, 0) is 6.54 Å². The lowest BCUT2D eigenvalue weighted by Gasteiger charge is -2.05. The molecular formula is C14H16N2O2. The first kappa shape index (κ1) is 12.4. The summed E-state index contributed by atoms with van der Waals surface area (Å²) in [5.74, 6) is 0.0751. The van der Waals surface area contributed by atoms with Crippen molar-refractivity contribution in [1.82, 2.24) is 5.32 Å². The summed E-state index contributed by atoms with van der Waals surface area (Å²) in [7, 11) is 0. The Hall–Kier alpha value is -2.07. The van der Waals surface area contributed by atoms with Gasteiger partial charge in [-0.1, -0.05) is 19.1 Å². The molecule has 0 bridgehead atoms. The summed E-state index contributed by atoms with van der Waals surface area (Å²) < 4.78 is 5.02. The number of hydrogen-bond donors (Lipinski definition) is 2. The molecule has 0 spiro atoms. The molecule has 0 aliphatic heterocycles. The lowest BCUT2D eigenvalue weighted by atomic mass is 10.2. The molecule has 2 aromatic rings. The van der Waals surface area contributed by atoms with Gasteiger partial charge in [0.25, 0.3) is 5.91 Å². The number of hydrogen-bond acceptors (Lipinski definition) is 3. The Balaban J connectivity index is 1.96. The first-order chi connectivity index (χ1) is 8.79. The van der Waals surface area contributed by atoms with Gasteiger partial charge in [-0.3, -0.25) is 4.79 Å². The fourth-order valence-electron chi connectivity index (χ4n) is 1.58. The molecule has 0 atom stereocenters. The highest BCUT2D eigenvalue weighted by atomic mass is 16.3. The molecule has 4 heteroatoms. The molecule has 0 aliphatic rings. The van der Waals surface area contributed by atoms with Gasteiger partial charge in [-0.2, -0.15) is 0 Å². The summed E-state index contributed by atoms with van der Waals surface area (Å²) in [5.41, 5.74) is 1.95. The van der Waals surface area contributed by atoms with Crippen LogP contribution in [0.3, 0.4) is 0 Å². The van der Waals surface area contributed by atoms with E-state index < -0.39 is 0 Å². The number of carbonyl (C=O) groups excluding carboxylic acids is 1. The Kier molecular flexibility index (Phi) is 4.15. The molecule has 0 saturated carbocycles. The molecule has 0 aliphatic carbocycles. The van der Waals surface area contributed by atoms with Crippen LogP contribution in [0.25, 0.3) is 0 Å². The zero-order valence-corrected chi connectivity index (χ0v) is 10.3. The van der Waals surface area contributed by atoms with E-state index in [-0.39, 0.29) is 5.91 Å². The summed E-state index contributed by atoms with van der Waals surface area (Å²) >= 11 is 0. The second-order valence-corrected chi connectivity index (χ2v) is 3.91. The van der Waals surface area contributed by atoms with Gasteiger partial charge in [0.05, 0.1) is 6.26 Å². The van der Waals surface area contributed by atoms with E-state index in [9.17, 15) is 4.79 Å². The molecule has 0 radical (unpaired) electrons. The van der Waals surface area contributed by atoms with Crippen molar-refractivity contribution in [2.45, 2.75) is 13.5 Å². The topological polar surface area (TPSA) is 54.3 Å². The van der Waals surface area contributed by atoms with Crippen molar-refractivity contribution < 1.29 is 9.21 Å². The maximum absolute atomic E-state index is 11.7. The van der Waals surface area contributed by atoms with Gasteiger partial charge >= 0.3 is 0 Å².